The van der Waals surface area contributed by atoms with E-state index in [0.717, 1.165) is 12.0 Å². The van der Waals surface area contributed by atoms with E-state index in [1.165, 1.54) is 0 Å². The van der Waals surface area contributed by atoms with Crippen LogP contribution in [-0.2, 0) is 9.09 Å². The van der Waals surface area contributed by atoms with Gasteiger partial charge in [-0.1, -0.05) is 43.7 Å². The molecule has 0 bridgehead atoms. The van der Waals surface area contributed by atoms with Gasteiger partial charge in [0.2, 0.25) is 0 Å². The number of hydrogen-bond donors (Lipinski definition) is 0. The Balaban J connectivity index is 2.72. The highest BCUT2D eigenvalue weighted by molar-refractivity contribution is 7.30. The van der Waals surface area contributed by atoms with Crippen molar-refractivity contribution in [3.63, 3.8) is 0 Å². The van der Waals surface area contributed by atoms with Gasteiger partial charge < -0.3 is 4.89 Å². The third kappa shape index (κ3) is 3.54. The van der Waals surface area contributed by atoms with Crippen LogP contribution in [0.15, 0.2) is 30.3 Å². The largest absolute Gasteiger partial charge is 0.566 e. The first-order chi connectivity index (χ1) is 6.74. The number of benzene rings is 1. The summed E-state index contributed by atoms with van der Waals surface area (Å²) in [6.07, 6.45) is 1.28. The molecule has 0 saturated heterocycles. The Hall–Kier alpha value is -0.760. The second kappa shape index (κ2) is 5.86. The van der Waals surface area contributed by atoms with Crippen LogP contribution >= 0.6 is 8.25 Å². The zero-order valence-electron chi connectivity index (χ0n) is 8.05. The Morgan fingerprint density at radius 3 is 2.57 bits per heavy atom. The molecule has 0 radical (unpaired) electrons. The zero-order valence-corrected chi connectivity index (χ0v) is 8.94. The van der Waals surface area contributed by atoms with E-state index in [2.05, 4.69) is 0 Å². The number of rotatable bonds is 5. The molecule has 2 unspecified atom stereocenters. The Kier molecular flexibility index (Phi) is 4.74. The molecule has 0 spiro atoms. The van der Waals surface area contributed by atoms with Crippen molar-refractivity contribution >= 4 is 8.25 Å². The summed E-state index contributed by atoms with van der Waals surface area (Å²) in [5.41, 5.74) is 0.911. The van der Waals surface area contributed by atoms with Gasteiger partial charge in [-0.05, 0) is 16.5 Å². The normalized spacial score (nSPS) is 13.7. The maximum absolute atomic E-state index is 10.5. The van der Waals surface area contributed by atoms with Crippen molar-refractivity contribution < 1.29 is 14.0 Å². The molecule has 3 nitrogen and oxygen atoms in total. The summed E-state index contributed by atoms with van der Waals surface area (Å²) in [5.74, 6) is 0. The fourth-order valence-electron chi connectivity index (χ4n) is 1.31. The van der Waals surface area contributed by atoms with Gasteiger partial charge in [0, 0.05) is 0 Å². The molecule has 0 fully saturated rings. The van der Waals surface area contributed by atoms with Gasteiger partial charge in [0.1, 0.15) is 6.10 Å². The highest BCUT2D eigenvalue weighted by atomic mass is 31.1. The quantitative estimate of drug-likeness (QED) is 0.704. The van der Waals surface area contributed by atoms with E-state index in [4.69, 9.17) is 4.52 Å². The van der Waals surface area contributed by atoms with Gasteiger partial charge in [0.15, 0.2) is 0 Å². The third-order valence-electron chi connectivity index (χ3n) is 1.94. The lowest BCUT2D eigenvalue weighted by molar-refractivity contribution is -0.189. The molecule has 0 saturated carbocycles. The van der Waals surface area contributed by atoms with Crippen LogP contribution in [0, 0.1) is 0 Å². The second-order valence-electron chi connectivity index (χ2n) is 3.02. The van der Waals surface area contributed by atoms with E-state index in [9.17, 15) is 9.46 Å². The van der Waals surface area contributed by atoms with Gasteiger partial charge in [0.05, 0.1) is 0 Å². The molecular formula is C10H13O3P. The van der Waals surface area contributed by atoms with Crippen molar-refractivity contribution in [1.29, 1.82) is 0 Å². The molecule has 14 heavy (non-hydrogen) atoms. The van der Waals surface area contributed by atoms with Gasteiger partial charge in [-0.15, -0.1) is 4.52 Å². The topological polar surface area (TPSA) is 49.4 Å². The Bertz CT molecular complexity index is 287. The van der Waals surface area contributed by atoms with Gasteiger partial charge >= 0.3 is 8.25 Å². The molecular weight excluding hydrogens is 199 g/mol. The molecule has 76 valence electrons. The van der Waals surface area contributed by atoms with Gasteiger partial charge in [-0.25, -0.2) is 0 Å². The fraction of sp³-hybridized carbons (Fsp3) is 0.400. The molecule has 0 amide bonds. The van der Waals surface area contributed by atoms with E-state index < -0.39 is 8.25 Å². The van der Waals surface area contributed by atoms with Crippen molar-refractivity contribution in [1.82, 2.24) is 0 Å². The van der Waals surface area contributed by atoms with E-state index >= 15 is 0 Å². The first kappa shape index (κ1) is 11.3. The summed E-state index contributed by atoms with van der Waals surface area (Å²) in [6, 6.07) is 9.39. The average Bonchev–Trinajstić information content (AvgIpc) is 2.18. The van der Waals surface area contributed by atoms with Crippen molar-refractivity contribution in [3.8, 4) is 0 Å². The predicted octanol–water partition coefficient (Wildman–Crippen LogP) is 2.56. The van der Waals surface area contributed by atoms with E-state index in [-0.39, 0.29) is 6.10 Å². The first-order valence-corrected chi connectivity index (χ1v) is 5.69. The molecule has 0 aliphatic rings. The summed E-state index contributed by atoms with van der Waals surface area (Å²) >= 11 is 0. The monoisotopic (exact) mass is 212 g/mol. The maximum Gasteiger partial charge on any atom is 0.489 e. The third-order valence-corrected chi connectivity index (χ3v) is 2.36. The molecule has 1 rings (SSSR count). The lowest BCUT2D eigenvalue weighted by Crippen LogP contribution is -2.02. The molecule has 4 heteroatoms. The van der Waals surface area contributed by atoms with Gasteiger partial charge in [-0.3, -0.25) is 0 Å². The van der Waals surface area contributed by atoms with Crippen LogP contribution in [0.2, 0.25) is 0 Å². The van der Waals surface area contributed by atoms with Crippen LogP contribution in [0.4, 0.5) is 0 Å². The highest BCUT2D eigenvalue weighted by Gasteiger charge is 2.17. The summed E-state index contributed by atoms with van der Waals surface area (Å²) in [5, 5.41) is 0. The molecule has 0 heterocycles. The Morgan fingerprint density at radius 2 is 2.07 bits per heavy atom. The van der Waals surface area contributed by atoms with Crippen LogP contribution in [-0.4, -0.2) is 0 Å². The minimum atomic E-state index is -2.78. The zero-order chi connectivity index (χ0) is 10.4. The van der Waals surface area contributed by atoms with Crippen LogP contribution in [0.5, 0.6) is 0 Å². The molecule has 2 atom stereocenters. The molecule has 0 aliphatic carbocycles. The van der Waals surface area contributed by atoms with Crippen molar-refractivity contribution in [2.24, 2.45) is 0 Å². The van der Waals surface area contributed by atoms with Crippen molar-refractivity contribution in [3.05, 3.63) is 35.9 Å². The summed E-state index contributed by atoms with van der Waals surface area (Å²) in [4.78, 5) is 10.5. The van der Waals surface area contributed by atoms with Crippen molar-refractivity contribution in [2.75, 3.05) is 0 Å². The smallest absolute Gasteiger partial charge is 0.489 e. The first-order valence-electron chi connectivity index (χ1n) is 4.60. The van der Waals surface area contributed by atoms with Crippen LogP contribution in [0.1, 0.15) is 31.4 Å². The summed E-state index contributed by atoms with van der Waals surface area (Å²) in [7, 11) is -2.78. The molecule has 0 aliphatic heterocycles. The molecule has 0 N–H and O–H groups in total. The molecule has 1 aromatic rings. The van der Waals surface area contributed by atoms with Crippen LogP contribution < -0.4 is 4.89 Å². The second-order valence-corrected chi connectivity index (χ2v) is 3.68. The number of hydrogen-bond acceptors (Lipinski definition) is 3. The van der Waals surface area contributed by atoms with E-state index in [1.54, 1.807) is 0 Å². The Labute approximate surface area is 84.7 Å². The highest BCUT2D eigenvalue weighted by Crippen LogP contribution is 2.29. The Morgan fingerprint density at radius 1 is 1.43 bits per heavy atom. The predicted molar refractivity (Wildman–Crippen MR) is 52.8 cm³/mol. The molecule has 1 aromatic carbocycles. The lowest BCUT2D eigenvalue weighted by Gasteiger charge is -2.10. The van der Waals surface area contributed by atoms with Crippen LogP contribution in [0.25, 0.3) is 0 Å². The SMILES string of the molecule is CCCC(O[P+](=O)[O-])c1ccccc1. The van der Waals surface area contributed by atoms with E-state index in [1.807, 2.05) is 37.3 Å². The lowest BCUT2D eigenvalue weighted by atomic mass is 10.1. The standard InChI is InChI=1S/C10H13O3P/c1-2-6-10(13-14(11)12)9-7-4-3-5-8-9/h3-5,7-8,10H,2,6H2,1H3. The van der Waals surface area contributed by atoms with Gasteiger partial charge in [-0.2, -0.15) is 0 Å². The van der Waals surface area contributed by atoms with E-state index in [0.29, 0.717) is 6.42 Å². The fourth-order valence-corrected chi connectivity index (χ4v) is 1.75. The molecule has 0 aromatic heterocycles. The minimum Gasteiger partial charge on any atom is -0.566 e. The van der Waals surface area contributed by atoms with Crippen molar-refractivity contribution in [2.45, 2.75) is 25.9 Å². The maximum atomic E-state index is 10.5. The average molecular weight is 212 g/mol. The van der Waals surface area contributed by atoms with Gasteiger partial charge in [0.25, 0.3) is 0 Å². The van der Waals surface area contributed by atoms with Crippen LogP contribution in [0.3, 0.4) is 0 Å². The summed E-state index contributed by atoms with van der Waals surface area (Å²) < 4.78 is 15.3. The minimum absolute atomic E-state index is 0.331. The summed E-state index contributed by atoms with van der Waals surface area (Å²) in [6.45, 7) is 2.00.